The van der Waals surface area contributed by atoms with Crippen LogP contribution in [0.5, 0.6) is 0 Å². The Bertz CT molecular complexity index is 584. The Morgan fingerprint density at radius 3 is 2.38 bits per heavy atom. The van der Waals surface area contributed by atoms with Gasteiger partial charge < -0.3 is 10.2 Å². The van der Waals surface area contributed by atoms with Crippen LogP contribution in [0.3, 0.4) is 0 Å². The van der Waals surface area contributed by atoms with Crippen molar-refractivity contribution in [1.29, 1.82) is 0 Å². The SMILES string of the molecule is CC(=O)N(CCC(=O)NC1CCCCCC1)c1ccc(F)c(F)c1. The quantitative estimate of drug-likeness (QED) is 0.835. The van der Waals surface area contributed by atoms with Crippen molar-refractivity contribution in [3.8, 4) is 0 Å². The number of carbonyl (C=O) groups excluding carboxylic acids is 2. The molecule has 1 N–H and O–H groups in total. The van der Waals surface area contributed by atoms with Gasteiger partial charge in [0.15, 0.2) is 11.6 Å². The van der Waals surface area contributed by atoms with E-state index in [4.69, 9.17) is 0 Å². The van der Waals surface area contributed by atoms with E-state index in [1.807, 2.05) is 0 Å². The summed E-state index contributed by atoms with van der Waals surface area (Å²) in [6.45, 7) is 1.48. The lowest BCUT2D eigenvalue weighted by atomic mass is 10.1. The maximum atomic E-state index is 13.4. The fourth-order valence-corrected chi connectivity index (χ4v) is 3.06. The van der Waals surface area contributed by atoms with E-state index in [-0.39, 0.29) is 36.5 Å². The highest BCUT2D eigenvalue weighted by Gasteiger charge is 2.18. The number of carbonyl (C=O) groups is 2. The van der Waals surface area contributed by atoms with Gasteiger partial charge in [0.05, 0.1) is 0 Å². The Balaban J connectivity index is 1.92. The van der Waals surface area contributed by atoms with E-state index < -0.39 is 11.6 Å². The zero-order chi connectivity index (χ0) is 17.5. The summed E-state index contributed by atoms with van der Waals surface area (Å²) >= 11 is 0. The first kappa shape index (κ1) is 18.4. The van der Waals surface area contributed by atoms with E-state index in [0.717, 1.165) is 37.8 Å². The van der Waals surface area contributed by atoms with Crippen LogP contribution in [0.4, 0.5) is 14.5 Å². The minimum Gasteiger partial charge on any atom is -0.353 e. The van der Waals surface area contributed by atoms with Crippen molar-refractivity contribution in [2.24, 2.45) is 0 Å². The highest BCUT2D eigenvalue weighted by molar-refractivity contribution is 5.92. The normalized spacial score (nSPS) is 15.6. The molecule has 132 valence electrons. The van der Waals surface area contributed by atoms with E-state index in [1.54, 1.807) is 0 Å². The molecule has 0 saturated heterocycles. The van der Waals surface area contributed by atoms with Gasteiger partial charge in [0.25, 0.3) is 0 Å². The average molecular weight is 338 g/mol. The van der Waals surface area contributed by atoms with Crippen LogP contribution in [0, 0.1) is 11.6 Å². The van der Waals surface area contributed by atoms with Crippen LogP contribution in [-0.4, -0.2) is 24.4 Å². The second-order valence-electron chi connectivity index (χ2n) is 6.28. The number of nitrogens with one attached hydrogen (secondary N) is 1. The maximum absolute atomic E-state index is 13.4. The molecule has 0 atom stereocenters. The third-order valence-electron chi connectivity index (χ3n) is 4.38. The first-order valence-electron chi connectivity index (χ1n) is 8.50. The molecular formula is C18H24F2N2O2. The molecular weight excluding hydrogens is 314 g/mol. The molecule has 1 aromatic rings. The molecule has 24 heavy (non-hydrogen) atoms. The Hall–Kier alpha value is -1.98. The summed E-state index contributed by atoms with van der Waals surface area (Å²) in [7, 11) is 0. The van der Waals surface area contributed by atoms with Gasteiger partial charge in [-0.15, -0.1) is 0 Å². The summed E-state index contributed by atoms with van der Waals surface area (Å²) in [5.41, 5.74) is 0.253. The molecule has 1 aliphatic rings. The molecule has 6 heteroatoms. The van der Waals surface area contributed by atoms with Crippen LogP contribution in [0.1, 0.15) is 51.9 Å². The van der Waals surface area contributed by atoms with Gasteiger partial charge in [0.2, 0.25) is 11.8 Å². The number of halogens is 2. The molecule has 1 fully saturated rings. The van der Waals surface area contributed by atoms with Crippen molar-refractivity contribution in [2.45, 2.75) is 57.9 Å². The number of anilines is 1. The van der Waals surface area contributed by atoms with Crippen molar-refractivity contribution in [2.75, 3.05) is 11.4 Å². The number of benzene rings is 1. The van der Waals surface area contributed by atoms with Crippen molar-refractivity contribution in [3.63, 3.8) is 0 Å². The number of amides is 2. The number of hydrogen-bond donors (Lipinski definition) is 1. The molecule has 0 unspecified atom stereocenters. The van der Waals surface area contributed by atoms with E-state index in [0.29, 0.717) is 0 Å². The van der Waals surface area contributed by atoms with Crippen molar-refractivity contribution < 1.29 is 18.4 Å². The summed E-state index contributed by atoms with van der Waals surface area (Å²) in [6.07, 6.45) is 6.78. The van der Waals surface area contributed by atoms with Crippen LogP contribution in [-0.2, 0) is 9.59 Å². The van der Waals surface area contributed by atoms with Crippen LogP contribution in [0.2, 0.25) is 0 Å². The van der Waals surface area contributed by atoms with Crippen molar-refractivity contribution >= 4 is 17.5 Å². The molecule has 0 radical (unpaired) electrons. The lowest BCUT2D eigenvalue weighted by Gasteiger charge is -2.22. The third kappa shape index (κ3) is 5.28. The largest absolute Gasteiger partial charge is 0.353 e. The molecule has 2 amide bonds. The van der Waals surface area contributed by atoms with Crippen molar-refractivity contribution in [3.05, 3.63) is 29.8 Å². The molecule has 2 rings (SSSR count). The van der Waals surface area contributed by atoms with Gasteiger partial charge in [0, 0.05) is 37.7 Å². The van der Waals surface area contributed by atoms with Crippen LogP contribution in [0.15, 0.2) is 18.2 Å². The predicted molar refractivity (Wildman–Crippen MR) is 88.6 cm³/mol. The fourth-order valence-electron chi connectivity index (χ4n) is 3.06. The second-order valence-corrected chi connectivity index (χ2v) is 6.28. The Morgan fingerprint density at radius 1 is 1.12 bits per heavy atom. The van der Waals surface area contributed by atoms with Crippen LogP contribution < -0.4 is 10.2 Å². The average Bonchev–Trinajstić information content (AvgIpc) is 2.79. The number of rotatable bonds is 5. The molecule has 1 saturated carbocycles. The zero-order valence-corrected chi connectivity index (χ0v) is 14.0. The first-order chi connectivity index (χ1) is 11.5. The van der Waals surface area contributed by atoms with Crippen molar-refractivity contribution in [1.82, 2.24) is 5.32 Å². The van der Waals surface area contributed by atoms with Gasteiger partial charge in [-0.3, -0.25) is 9.59 Å². The van der Waals surface area contributed by atoms with Gasteiger partial charge in [-0.25, -0.2) is 8.78 Å². The molecule has 0 heterocycles. The Kier molecular flexibility index (Phi) is 6.70. The second kappa shape index (κ2) is 8.76. The molecule has 0 aromatic heterocycles. The number of nitrogens with zero attached hydrogens (tertiary/aromatic N) is 1. The predicted octanol–water partition coefficient (Wildman–Crippen LogP) is 3.55. The monoisotopic (exact) mass is 338 g/mol. The molecule has 0 aliphatic heterocycles. The summed E-state index contributed by atoms with van der Waals surface area (Å²) in [6, 6.07) is 3.49. The lowest BCUT2D eigenvalue weighted by molar-refractivity contribution is -0.121. The fraction of sp³-hybridized carbons (Fsp3) is 0.556. The van der Waals surface area contributed by atoms with Gasteiger partial charge >= 0.3 is 0 Å². The first-order valence-corrected chi connectivity index (χ1v) is 8.50. The Labute approximate surface area is 141 Å². The topological polar surface area (TPSA) is 49.4 Å². The molecule has 0 bridgehead atoms. The summed E-state index contributed by atoms with van der Waals surface area (Å²) in [5, 5.41) is 3.01. The van der Waals surface area contributed by atoms with Gasteiger partial charge in [-0.2, -0.15) is 0 Å². The molecule has 1 aromatic carbocycles. The molecule has 4 nitrogen and oxygen atoms in total. The molecule has 0 spiro atoms. The Morgan fingerprint density at radius 2 is 1.79 bits per heavy atom. The van der Waals surface area contributed by atoms with E-state index in [2.05, 4.69) is 5.32 Å². The molecule has 1 aliphatic carbocycles. The zero-order valence-electron chi connectivity index (χ0n) is 14.0. The van der Waals surface area contributed by atoms with Gasteiger partial charge in [-0.1, -0.05) is 25.7 Å². The highest BCUT2D eigenvalue weighted by atomic mass is 19.2. The minimum atomic E-state index is -1.01. The lowest BCUT2D eigenvalue weighted by Crippen LogP contribution is -2.38. The summed E-state index contributed by atoms with van der Waals surface area (Å²) in [5.74, 6) is -2.41. The third-order valence-corrected chi connectivity index (χ3v) is 4.38. The van der Waals surface area contributed by atoms with Crippen LogP contribution >= 0.6 is 0 Å². The van der Waals surface area contributed by atoms with E-state index in [9.17, 15) is 18.4 Å². The smallest absolute Gasteiger partial charge is 0.223 e. The highest BCUT2D eigenvalue weighted by Crippen LogP contribution is 2.19. The van der Waals surface area contributed by atoms with E-state index >= 15 is 0 Å². The van der Waals surface area contributed by atoms with E-state index in [1.165, 1.54) is 30.7 Å². The standard InChI is InChI=1S/C18H24F2N2O2/c1-13(23)22(15-8-9-16(19)17(20)12-15)11-10-18(24)21-14-6-4-2-3-5-7-14/h8-9,12,14H,2-7,10-11H2,1H3,(H,21,24). The summed E-state index contributed by atoms with van der Waals surface area (Å²) < 4.78 is 26.4. The number of hydrogen-bond acceptors (Lipinski definition) is 2. The van der Waals surface area contributed by atoms with Gasteiger partial charge in [-0.05, 0) is 25.0 Å². The minimum absolute atomic E-state index is 0.115. The van der Waals surface area contributed by atoms with Gasteiger partial charge in [0.1, 0.15) is 0 Å². The van der Waals surface area contributed by atoms with Crippen LogP contribution in [0.25, 0.3) is 0 Å². The summed E-state index contributed by atoms with van der Waals surface area (Å²) in [4.78, 5) is 25.2. The maximum Gasteiger partial charge on any atom is 0.223 e.